The normalized spacial score (nSPS) is 30.6. The molecule has 0 aliphatic carbocycles. The fourth-order valence-electron chi connectivity index (χ4n) is 4.52. The Morgan fingerprint density at radius 3 is 2.88 bits per heavy atom. The van der Waals surface area contributed by atoms with Crippen LogP contribution in [0.2, 0.25) is 0 Å². The summed E-state index contributed by atoms with van der Waals surface area (Å²) in [6.45, 7) is 5.95. The van der Waals surface area contributed by atoms with Crippen LogP contribution in [0.15, 0.2) is 29.3 Å². The van der Waals surface area contributed by atoms with Crippen LogP contribution in [0.3, 0.4) is 0 Å². The number of piperidine rings is 3. The number of aliphatic imine (C=N–C) groups is 1. The number of anilines is 1. The van der Waals surface area contributed by atoms with Gasteiger partial charge in [-0.25, -0.2) is 14.4 Å². The Bertz CT molecular complexity index is 875. The van der Waals surface area contributed by atoms with Crippen molar-refractivity contribution in [2.75, 3.05) is 31.5 Å². The summed E-state index contributed by atoms with van der Waals surface area (Å²) < 4.78 is 19.8. The van der Waals surface area contributed by atoms with Gasteiger partial charge in [0.25, 0.3) is 6.02 Å². The molecule has 0 radical (unpaired) electrons. The maximum Gasteiger partial charge on any atom is 0.291 e. The largest absolute Gasteiger partial charge is 0.455 e. The Labute approximate surface area is 145 Å². The molecule has 1 spiro atoms. The summed E-state index contributed by atoms with van der Waals surface area (Å²) in [5, 5.41) is 4.98. The molecule has 5 heterocycles. The zero-order chi connectivity index (χ0) is 17.0. The van der Waals surface area contributed by atoms with Crippen molar-refractivity contribution in [2.45, 2.75) is 25.4 Å². The van der Waals surface area contributed by atoms with E-state index in [0.29, 0.717) is 24.3 Å². The SMILES string of the molecule is Cc1nc(NC2=NCC3(CN4CCC3CC4)O2)cc2cc(F)ccc12. The first-order chi connectivity index (χ1) is 12.1. The number of aromatic nitrogens is 1. The molecule has 1 N–H and O–H groups in total. The molecule has 1 unspecified atom stereocenters. The van der Waals surface area contributed by atoms with Gasteiger partial charge in [0.2, 0.25) is 0 Å². The van der Waals surface area contributed by atoms with E-state index in [9.17, 15) is 4.39 Å². The van der Waals surface area contributed by atoms with Gasteiger partial charge in [0.15, 0.2) is 0 Å². The Balaban J connectivity index is 1.39. The van der Waals surface area contributed by atoms with E-state index in [2.05, 4.69) is 20.2 Å². The molecule has 1 atom stereocenters. The monoisotopic (exact) mass is 340 g/mol. The number of benzene rings is 1. The van der Waals surface area contributed by atoms with Gasteiger partial charge >= 0.3 is 0 Å². The number of aryl methyl sites for hydroxylation is 1. The van der Waals surface area contributed by atoms with Gasteiger partial charge < -0.3 is 4.74 Å². The lowest BCUT2D eigenvalue weighted by Crippen LogP contribution is -2.61. The molecule has 2 aromatic rings. The van der Waals surface area contributed by atoms with Gasteiger partial charge in [-0.15, -0.1) is 0 Å². The summed E-state index contributed by atoms with van der Waals surface area (Å²) in [7, 11) is 0. The Morgan fingerprint density at radius 2 is 2.12 bits per heavy atom. The minimum atomic E-state index is -0.246. The first-order valence-electron chi connectivity index (χ1n) is 8.91. The molecule has 3 saturated heterocycles. The van der Waals surface area contributed by atoms with Gasteiger partial charge in [0.05, 0.1) is 6.54 Å². The molecule has 6 rings (SSSR count). The average Bonchev–Trinajstić information content (AvgIpc) is 2.97. The number of nitrogens with zero attached hydrogens (tertiary/aromatic N) is 3. The first kappa shape index (κ1) is 15.1. The van der Waals surface area contributed by atoms with Gasteiger partial charge in [0.1, 0.15) is 17.2 Å². The topological polar surface area (TPSA) is 49.8 Å². The van der Waals surface area contributed by atoms with Crippen molar-refractivity contribution in [3.05, 3.63) is 35.8 Å². The average molecular weight is 340 g/mol. The molecule has 25 heavy (non-hydrogen) atoms. The van der Waals surface area contributed by atoms with Crippen molar-refractivity contribution in [1.29, 1.82) is 0 Å². The smallest absolute Gasteiger partial charge is 0.291 e. The third-order valence-corrected chi connectivity index (χ3v) is 5.83. The van der Waals surface area contributed by atoms with E-state index in [-0.39, 0.29) is 11.4 Å². The van der Waals surface area contributed by atoms with Gasteiger partial charge in [-0.1, -0.05) is 0 Å². The van der Waals surface area contributed by atoms with E-state index in [1.54, 1.807) is 6.07 Å². The van der Waals surface area contributed by atoms with Crippen LogP contribution in [0.1, 0.15) is 18.5 Å². The van der Waals surface area contributed by atoms with E-state index in [0.717, 1.165) is 23.0 Å². The molecule has 1 aromatic heterocycles. The maximum absolute atomic E-state index is 13.5. The number of hydrogen-bond donors (Lipinski definition) is 1. The minimum Gasteiger partial charge on any atom is -0.455 e. The summed E-state index contributed by atoms with van der Waals surface area (Å²) in [5.41, 5.74) is 0.688. The van der Waals surface area contributed by atoms with E-state index in [4.69, 9.17) is 4.74 Å². The van der Waals surface area contributed by atoms with Crippen molar-refractivity contribution in [1.82, 2.24) is 9.88 Å². The van der Waals surface area contributed by atoms with Gasteiger partial charge in [-0.05, 0) is 62.5 Å². The number of pyridine rings is 1. The number of nitrogens with one attached hydrogen (secondary N) is 1. The number of hydrogen-bond acceptors (Lipinski definition) is 5. The van der Waals surface area contributed by atoms with Crippen LogP contribution in [-0.2, 0) is 4.74 Å². The highest BCUT2D eigenvalue weighted by Gasteiger charge is 2.51. The van der Waals surface area contributed by atoms with E-state index >= 15 is 0 Å². The first-order valence-corrected chi connectivity index (χ1v) is 8.91. The van der Waals surface area contributed by atoms with Crippen LogP contribution in [-0.4, -0.2) is 47.7 Å². The molecule has 4 aliphatic heterocycles. The Kier molecular flexibility index (Phi) is 3.25. The number of ether oxygens (including phenoxy) is 1. The molecule has 2 bridgehead atoms. The van der Waals surface area contributed by atoms with Crippen molar-refractivity contribution in [3.63, 3.8) is 0 Å². The zero-order valence-corrected chi connectivity index (χ0v) is 14.3. The second kappa shape index (κ2) is 5.39. The molecule has 1 aromatic carbocycles. The second-order valence-electron chi connectivity index (χ2n) is 7.42. The van der Waals surface area contributed by atoms with Crippen LogP contribution < -0.4 is 5.32 Å². The lowest BCUT2D eigenvalue weighted by molar-refractivity contribution is -0.0829. The standard InChI is InChI=1S/C19H21FN4O/c1-12-16-3-2-15(20)8-13(16)9-17(22-12)23-18-21-10-19(25-18)11-24-6-4-14(19)5-7-24/h2-3,8-9,14H,4-7,10-11H2,1H3,(H,21,22,23). The van der Waals surface area contributed by atoms with Crippen LogP contribution >= 0.6 is 0 Å². The van der Waals surface area contributed by atoms with Crippen LogP contribution in [0.5, 0.6) is 0 Å². The summed E-state index contributed by atoms with van der Waals surface area (Å²) >= 11 is 0. The summed E-state index contributed by atoms with van der Waals surface area (Å²) in [5.74, 6) is 0.985. The van der Waals surface area contributed by atoms with Crippen molar-refractivity contribution in [3.8, 4) is 0 Å². The third-order valence-electron chi connectivity index (χ3n) is 5.83. The van der Waals surface area contributed by atoms with Crippen molar-refractivity contribution < 1.29 is 9.13 Å². The number of fused-ring (bicyclic) bond motifs is 3. The molecular formula is C19H21FN4O. The summed E-state index contributed by atoms with van der Waals surface area (Å²) in [4.78, 5) is 11.6. The zero-order valence-electron chi connectivity index (χ0n) is 14.3. The molecule has 5 nitrogen and oxygen atoms in total. The summed E-state index contributed by atoms with van der Waals surface area (Å²) in [6.07, 6.45) is 2.38. The molecule has 6 heteroatoms. The highest BCUT2D eigenvalue weighted by Crippen LogP contribution is 2.40. The Morgan fingerprint density at radius 1 is 1.28 bits per heavy atom. The van der Waals surface area contributed by atoms with Crippen LogP contribution in [0, 0.1) is 18.7 Å². The second-order valence-corrected chi connectivity index (χ2v) is 7.42. The highest BCUT2D eigenvalue weighted by molar-refractivity contribution is 5.93. The van der Waals surface area contributed by atoms with Crippen molar-refractivity contribution in [2.24, 2.45) is 10.9 Å². The molecule has 3 fully saturated rings. The van der Waals surface area contributed by atoms with Crippen LogP contribution in [0.25, 0.3) is 10.8 Å². The van der Waals surface area contributed by atoms with E-state index in [1.165, 1.54) is 38.1 Å². The van der Waals surface area contributed by atoms with Gasteiger partial charge in [-0.3, -0.25) is 10.2 Å². The van der Waals surface area contributed by atoms with E-state index in [1.807, 2.05) is 13.0 Å². The maximum atomic E-state index is 13.5. The molecular weight excluding hydrogens is 319 g/mol. The quantitative estimate of drug-likeness (QED) is 0.867. The Hall–Kier alpha value is -2.21. The highest BCUT2D eigenvalue weighted by atomic mass is 19.1. The lowest BCUT2D eigenvalue weighted by atomic mass is 9.75. The fourth-order valence-corrected chi connectivity index (χ4v) is 4.52. The molecule has 0 amide bonds. The minimum absolute atomic E-state index is 0.170. The number of amidine groups is 1. The van der Waals surface area contributed by atoms with Gasteiger partial charge in [0, 0.05) is 23.5 Å². The predicted molar refractivity (Wildman–Crippen MR) is 95.3 cm³/mol. The molecule has 130 valence electrons. The van der Waals surface area contributed by atoms with Crippen molar-refractivity contribution >= 4 is 22.6 Å². The fraction of sp³-hybridized carbons (Fsp3) is 0.474. The molecule has 4 aliphatic rings. The van der Waals surface area contributed by atoms with E-state index < -0.39 is 0 Å². The predicted octanol–water partition coefficient (Wildman–Crippen LogP) is 2.94. The molecule has 0 saturated carbocycles. The van der Waals surface area contributed by atoms with Crippen LogP contribution in [0.4, 0.5) is 10.2 Å². The summed E-state index contributed by atoms with van der Waals surface area (Å²) in [6, 6.07) is 7.14. The third kappa shape index (κ3) is 2.47. The number of rotatable bonds is 1. The van der Waals surface area contributed by atoms with Gasteiger partial charge in [-0.2, -0.15) is 0 Å². The lowest BCUT2D eigenvalue weighted by Gasteiger charge is -2.50. The number of halogens is 1.